The van der Waals surface area contributed by atoms with E-state index in [2.05, 4.69) is 10.5 Å². The number of alkyl halides is 3. The maximum absolute atomic E-state index is 12.7. The Kier molecular flexibility index (Phi) is 4.53. The van der Waals surface area contributed by atoms with Crippen LogP contribution in [0, 0.1) is 6.92 Å². The number of anilines is 1. The lowest BCUT2D eigenvalue weighted by molar-refractivity contribution is -0.138. The van der Waals surface area contributed by atoms with Crippen LogP contribution in [0.5, 0.6) is 0 Å². The molecular weight excluding hydrogens is 301 g/mol. The Labute approximate surface area is 125 Å². The molecule has 0 unspecified atom stereocenters. The Balaban J connectivity index is 2.20. The largest absolute Gasteiger partial charge is 0.416 e. The maximum Gasteiger partial charge on any atom is 0.416 e. The second-order valence-corrected chi connectivity index (χ2v) is 4.75. The molecule has 0 radical (unpaired) electrons. The molecule has 0 atom stereocenters. The summed E-state index contributed by atoms with van der Waals surface area (Å²) in [5, 5.41) is 4.01. The average molecular weight is 313 g/mol. The third-order valence-electron chi connectivity index (χ3n) is 2.89. The van der Waals surface area contributed by atoms with Crippen molar-refractivity contribution < 1.29 is 13.2 Å². The molecule has 0 saturated carbocycles. The van der Waals surface area contributed by atoms with Crippen LogP contribution in [0.2, 0.25) is 5.02 Å². The molecule has 1 N–H and O–H groups in total. The molecule has 2 nitrogen and oxygen atoms in total. The second kappa shape index (κ2) is 6.18. The molecule has 0 heterocycles. The van der Waals surface area contributed by atoms with Gasteiger partial charge in [-0.3, -0.25) is 5.43 Å². The van der Waals surface area contributed by atoms with Crippen molar-refractivity contribution in [2.75, 3.05) is 5.43 Å². The molecule has 2 rings (SSSR count). The second-order valence-electron chi connectivity index (χ2n) is 4.38. The summed E-state index contributed by atoms with van der Waals surface area (Å²) >= 11 is 5.97. The molecule has 21 heavy (non-hydrogen) atoms. The first-order chi connectivity index (χ1) is 9.89. The van der Waals surface area contributed by atoms with Crippen LogP contribution in [0.3, 0.4) is 0 Å². The minimum absolute atomic E-state index is 0.00664. The van der Waals surface area contributed by atoms with Crippen LogP contribution in [0.25, 0.3) is 0 Å². The molecule has 0 aromatic heterocycles. The Morgan fingerprint density at radius 3 is 2.38 bits per heavy atom. The van der Waals surface area contributed by atoms with Crippen LogP contribution < -0.4 is 5.43 Å². The first kappa shape index (κ1) is 15.4. The predicted molar refractivity (Wildman–Crippen MR) is 78.8 cm³/mol. The van der Waals surface area contributed by atoms with Gasteiger partial charge in [0, 0.05) is 5.56 Å². The number of hydrogen-bond acceptors (Lipinski definition) is 2. The quantitative estimate of drug-likeness (QED) is 0.618. The Morgan fingerprint density at radius 1 is 1.10 bits per heavy atom. The molecule has 0 bridgehead atoms. The molecule has 2 aromatic carbocycles. The van der Waals surface area contributed by atoms with Gasteiger partial charge in [0.2, 0.25) is 0 Å². The minimum atomic E-state index is -4.41. The van der Waals surface area contributed by atoms with Crippen molar-refractivity contribution in [1.82, 2.24) is 0 Å². The highest BCUT2D eigenvalue weighted by molar-refractivity contribution is 6.34. The van der Waals surface area contributed by atoms with Gasteiger partial charge in [0.05, 0.1) is 22.5 Å². The highest BCUT2D eigenvalue weighted by Crippen LogP contribution is 2.35. The molecule has 0 spiro atoms. The zero-order valence-corrected chi connectivity index (χ0v) is 11.8. The van der Waals surface area contributed by atoms with Crippen molar-refractivity contribution in [3.05, 3.63) is 64.2 Å². The van der Waals surface area contributed by atoms with Crippen LogP contribution in [0.4, 0.5) is 18.9 Å². The summed E-state index contributed by atoms with van der Waals surface area (Å²) in [6.07, 6.45) is -3.02. The highest BCUT2D eigenvalue weighted by atomic mass is 35.5. The van der Waals surface area contributed by atoms with E-state index >= 15 is 0 Å². The predicted octanol–water partition coefficient (Wildman–Crippen LogP) is 5.11. The molecule has 2 aromatic rings. The van der Waals surface area contributed by atoms with E-state index in [0.717, 1.165) is 11.8 Å². The van der Waals surface area contributed by atoms with Crippen molar-refractivity contribution in [3.63, 3.8) is 0 Å². The van der Waals surface area contributed by atoms with Crippen LogP contribution in [-0.2, 0) is 6.18 Å². The standard InChI is InChI=1S/C15H12ClF3N2/c1-10-13(15(17,18)19)8-7-11(14(10)16)9-20-21-12-5-3-2-4-6-12/h2-9,21H,1H3. The van der Waals surface area contributed by atoms with Crippen molar-refractivity contribution in [2.45, 2.75) is 13.1 Å². The maximum atomic E-state index is 12.7. The minimum Gasteiger partial charge on any atom is -0.279 e. The van der Waals surface area contributed by atoms with Gasteiger partial charge in [0.15, 0.2) is 0 Å². The molecule has 0 aliphatic carbocycles. The topological polar surface area (TPSA) is 24.4 Å². The van der Waals surface area contributed by atoms with Gasteiger partial charge >= 0.3 is 6.18 Å². The Morgan fingerprint density at radius 2 is 1.76 bits per heavy atom. The number of halogens is 4. The van der Waals surface area contributed by atoms with Crippen LogP contribution in [0.1, 0.15) is 16.7 Å². The summed E-state index contributed by atoms with van der Waals surface area (Å²) in [7, 11) is 0. The molecule has 0 aliphatic heterocycles. The van der Waals surface area contributed by atoms with E-state index in [-0.39, 0.29) is 10.6 Å². The molecule has 0 aliphatic rings. The SMILES string of the molecule is Cc1c(C(F)(F)F)ccc(C=NNc2ccccc2)c1Cl. The average Bonchev–Trinajstić information content (AvgIpc) is 2.43. The Hall–Kier alpha value is -2.01. The van der Waals surface area contributed by atoms with Crippen molar-refractivity contribution >= 4 is 23.5 Å². The number of para-hydroxylation sites is 1. The van der Waals surface area contributed by atoms with Crippen molar-refractivity contribution in [1.29, 1.82) is 0 Å². The van der Waals surface area contributed by atoms with E-state index in [1.54, 1.807) is 0 Å². The number of nitrogens with zero attached hydrogens (tertiary/aromatic N) is 1. The fourth-order valence-electron chi connectivity index (χ4n) is 1.80. The normalized spacial score (nSPS) is 11.9. The zero-order chi connectivity index (χ0) is 15.5. The van der Waals surface area contributed by atoms with Crippen LogP contribution in [0.15, 0.2) is 47.6 Å². The summed E-state index contributed by atoms with van der Waals surface area (Å²) in [6.45, 7) is 1.34. The molecular formula is C15H12ClF3N2. The third kappa shape index (κ3) is 3.76. The van der Waals surface area contributed by atoms with Crippen molar-refractivity contribution in [2.24, 2.45) is 5.10 Å². The lowest BCUT2D eigenvalue weighted by Gasteiger charge is -2.12. The highest BCUT2D eigenvalue weighted by Gasteiger charge is 2.33. The zero-order valence-electron chi connectivity index (χ0n) is 11.1. The van der Waals surface area contributed by atoms with E-state index in [4.69, 9.17) is 11.6 Å². The van der Waals surface area contributed by atoms with E-state index in [0.29, 0.717) is 5.56 Å². The van der Waals surface area contributed by atoms with Gasteiger partial charge in [-0.05, 0) is 30.7 Å². The van der Waals surface area contributed by atoms with E-state index in [1.807, 2.05) is 30.3 Å². The number of rotatable bonds is 3. The first-order valence-corrected chi connectivity index (χ1v) is 6.48. The van der Waals surface area contributed by atoms with Crippen molar-refractivity contribution in [3.8, 4) is 0 Å². The number of hydrazone groups is 1. The van der Waals surface area contributed by atoms with Gasteiger partial charge in [0.1, 0.15) is 0 Å². The summed E-state index contributed by atoms with van der Waals surface area (Å²) in [6, 6.07) is 11.5. The van der Waals surface area contributed by atoms with Gasteiger partial charge in [-0.1, -0.05) is 35.9 Å². The van der Waals surface area contributed by atoms with Gasteiger partial charge in [-0.2, -0.15) is 18.3 Å². The van der Waals surface area contributed by atoms with Crippen LogP contribution >= 0.6 is 11.6 Å². The van der Waals surface area contributed by atoms with E-state index in [1.165, 1.54) is 19.2 Å². The fraction of sp³-hybridized carbons (Fsp3) is 0.133. The van der Waals surface area contributed by atoms with Gasteiger partial charge in [-0.15, -0.1) is 0 Å². The summed E-state index contributed by atoms with van der Waals surface area (Å²) in [5.41, 5.74) is 3.22. The van der Waals surface area contributed by atoms with Gasteiger partial charge < -0.3 is 0 Å². The smallest absolute Gasteiger partial charge is 0.279 e. The molecule has 110 valence electrons. The lowest BCUT2D eigenvalue weighted by Crippen LogP contribution is -2.08. The van der Waals surface area contributed by atoms with Gasteiger partial charge in [0.25, 0.3) is 0 Å². The number of nitrogens with one attached hydrogen (secondary N) is 1. The van der Waals surface area contributed by atoms with Crippen LogP contribution in [-0.4, -0.2) is 6.21 Å². The molecule has 6 heteroatoms. The number of benzene rings is 2. The molecule has 0 amide bonds. The van der Waals surface area contributed by atoms with E-state index in [9.17, 15) is 13.2 Å². The third-order valence-corrected chi connectivity index (χ3v) is 3.39. The summed E-state index contributed by atoms with van der Waals surface area (Å²) in [5.74, 6) is 0. The Bertz CT molecular complexity index is 652. The molecule has 0 fully saturated rings. The fourth-order valence-corrected chi connectivity index (χ4v) is 2.02. The first-order valence-electron chi connectivity index (χ1n) is 6.10. The number of hydrogen-bond donors (Lipinski definition) is 1. The molecule has 0 saturated heterocycles. The lowest BCUT2D eigenvalue weighted by atomic mass is 10.1. The summed E-state index contributed by atoms with van der Waals surface area (Å²) < 4.78 is 38.2. The monoisotopic (exact) mass is 312 g/mol. The summed E-state index contributed by atoms with van der Waals surface area (Å²) in [4.78, 5) is 0. The van der Waals surface area contributed by atoms with Gasteiger partial charge in [-0.25, -0.2) is 0 Å². The van der Waals surface area contributed by atoms with E-state index < -0.39 is 11.7 Å².